The molecule has 0 spiro atoms. The predicted molar refractivity (Wildman–Crippen MR) is 154 cm³/mol. The molecule has 0 aromatic heterocycles. The van der Waals surface area contributed by atoms with Gasteiger partial charge in [-0.1, -0.05) is 114 Å². The molecule has 0 bridgehead atoms. The number of hydrogen-bond acceptors (Lipinski definition) is 1. The summed E-state index contributed by atoms with van der Waals surface area (Å²) in [5, 5.41) is 5.15. The van der Waals surface area contributed by atoms with Crippen LogP contribution in [0.25, 0.3) is 5.32 Å². The Balaban J connectivity index is 0.00000456. The molecule has 196 valence electrons. The number of aliphatic imine (C=N–C) groups is 1. The van der Waals surface area contributed by atoms with Gasteiger partial charge in [-0.25, -0.2) is 0 Å². The van der Waals surface area contributed by atoms with Gasteiger partial charge in [0, 0.05) is 38.9 Å². The summed E-state index contributed by atoms with van der Waals surface area (Å²) in [5.41, 5.74) is 7.80. The topological polar surface area (TPSA) is 26.5 Å². The van der Waals surface area contributed by atoms with Crippen molar-refractivity contribution in [1.29, 1.82) is 0 Å². The fraction of sp³-hybridized carbons (Fsp3) is 0.545. The molecule has 3 heteroatoms. The van der Waals surface area contributed by atoms with Gasteiger partial charge >= 0.3 is 0 Å². The maximum absolute atomic E-state index is 5.15. The van der Waals surface area contributed by atoms with Crippen LogP contribution in [0.3, 0.4) is 0 Å². The Labute approximate surface area is 235 Å². The van der Waals surface area contributed by atoms with Gasteiger partial charge in [0.1, 0.15) is 0 Å². The van der Waals surface area contributed by atoms with E-state index < -0.39 is 0 Å². The first kappa shape index (κ1) is 30.6. The molecule has 2 unspecified atom stereocenters. The normalized spacial score (nSPS) is 15.9. The first-order chi connectivity index (χ1) is 17.0. The summed E-state index contributed by atoms with van der Waals surface area (Å²) in [6, 6.07) is 16.2. The monoisotopic (exact) mass is 655 g/mol. The fourth-order valence-electron chi connectivity index (χ4n) is 5.23. The molecule has 0 radical (unpaired) electrons. The van der Waals surface area contributed by atoms with Gasteiger partial charge in [-0.05, 0) is 61.8 Å². The van der Waals surface area contributed by atoms with Crippen molar-refractivity contribution < 1.29 is 21.1 Å². The van der Waals surface area contributed by atoms with E-state index in [0.29, 0.717) is 6.04 Å². The Hall–Kier alpha value is -1.66. The van der Waals surface area contributed by atoms with Crippen LogP contribution in [-0.4, -0.2) is 12.3 Å². The van der Waals surface area contributed by atoms with Crippen molar-refractivity contribution >= 4 is 11.9 Å². The first-order valence-electron chi connectivity index (χ1n) is 14.1. The second kappa shape index (κ2) is 16.2. The van der Waals surface area contributed by atoms with Gasteiger partial charge in [0.05, 0.1) is 0 Å². The third-order valence-corrected chi connectivity index (χ3v) is 7.76. The van der Waals surface area contributed by atoms with E-state index in [-0.39, 0.29) is 27.0 Å². The van der Waals surface area contributed by atoms with Crippen molar-refractivity contribution in [3.8, 4) is 0 Å². The molecule has 1 saturated carbocycles. The van der Waals surface area contributed by atoms with E-state index in [9.17, 15) is 0 Å². The van der Waals surface area contributed by atoms with E-state index in [1.165, 1.54) is 72.9 Å². The summed E-state index contributed by atoms with van der Waals surface area (Å²) in [4.78, 5) is 4.85. The molecule has 2 nitrogen and oxygen atoms in total. The minimum atomic E-state index is 0. The molecule has 0 amide bonds. The van der Waals surface area contributed by atoms with Gasteiger partial charge in [-0.15, -0.1) is 11.7 Å². The Kier molecular flexibility index (Phi) is 13.8. The number of nitrogens with zero attached hydrogens (tertiary/aromatic N) is 2. The van der Waals surface area contributed by atoms with Crippen LogP contribution in [0.5, 0.6) is 0 Å². The Morgan fingerprint density at radius 2 is 1.78 bits per heavy atom. The summed E-state index contributed by atoms with van der Waals surface area (Å²) < 4.78 is 0. The van der Waals surface area contributed by atoms with Crippen LogP contribution in [0.15, 0.2) is 59.2 Å². The van der Waals surface area contributed by atoms with Crippen LogP contribution in [0.4, 0.5) is 5.69 Å². The minimum absolute atomic E-state index is 0. The number of unbranched alkanes of at least 4 members (excludes halogenated alkanes) is 1. The number of aryl methyl sites for hydroxylation is 1. The van der Waals surface area contributed by atoms with Gasteiger partial charge in [0.2, 0.25) is 0 Å². The van der Waals surface area contributed by atoms with Crippen molar-refractivity contribution in [1.82, 2.24) is 0 Å². The molecule has 0 saturated heterocycles. The summed E-state index contributed by atoms with van der Waals surface area (Å²) >= 11 is 0. The molecule has 0 aliphatic heterocycles. The van der Waals surface area contributed by atoms with E-state index in [4.69, 9.17) is 10.3 Å². The summed E-state index contributed by atoms with van der Waals surface area (Å²) in [5.74, 6) is 1.23. The van der Waals surface area contributed by atoms with Crippen molar-refractivity contribution in [2.45, 2.75) is 111 Å². The molecule has 1 aliphatic carbocycles. The quantitative estimate of drug-likeness (QED) is 0.181. The van der Waals surface area contributed by atoms with Crippen molar-refractivity contribution in [2.75, 3.05) is 0 Å². The largest absolute Gasteiger partial charge is 0.682 e. The van der Waals surface area contributed by atoms with E-state index in [1.54, 1.807) is 0 Å². The number of benzene rings is 2. The van der Waals surface area contributed by atoms with Crippen LogP contribution in [0.2, 0.25) is 0 Å². The Morgan fingerprint density at radius 1 is 1.03 bits per heavy atom. The second-order valence-electron chi connectivity index (χ2n) is 10.5. The van der Waals surface area contributed by atoms with Gasteiger partial charge in [0.25, 0.3) is 0 Å². The number of hydrogen-bond donors (Lipinski definition) is 0. The summed E-state index contributed by atoms with van der Waals surface area (Å²) in [6.07, 6.45) is 16.8. The van der Waals surface area contributed by atoms with Crippen LogP contribution in [0, 0.1) is 19.8 Å². The van der Waals surface area contributed by atoms with Gasteiger partial charge < -0.3 is 5.32 Å². The summed E-state index contributed by atoms with van der Waals surface area (Å²) in [7, 11) is 0. The average Bonchev–Trinajstić information content (AvgIpc) is 2.82. The Morgan fingerprint density at radius 3 is 2.39 bits per heavy atom. The Bertz CT molecular complexity index is 956. The standard InChI is InChI=1S/C33H47N2.W/c1-6-9-17-33(34-8-3)32(31-16-10-13-25(4)26(31)5)24-28-19-22-30(23-20-28)35-29(12-7-2)21-18-27-14-11-15-27;/h8,10,13,16-17,19-20,22-23,27,29,32H,6-7,9,11-12,14-15,18,21,24H2,1-5H3;/q-1;/b33-17-,34-8?;. The van der Waals surface area contributed by atoms with Gasteiger partial charge in [-0.2, -0.15) is 0 Å². The molecule has 36 heavy (non-hydrogen) atoms. The smallest absolute Gasteiger partial charge is 0.0437 e. The number of rotatable bonds is 14. The number of allylic oxidation sites excluding steroid dienone is 2. The third-order valence-electron chi connectivity index (χ3n) is 7.76. The molecule has 0 heterocycles. The maximum Gasteiger partial charge on any atom is 0.0437 e. The van der Waals surface area contributed by atoms with Crippen LogP contribution in [-0.2, 0) is 27.5 Å². The average molecular weight is 656 g/mol. The van der Waals surface area contributed by atoms with Gasteiger partial charge in [-0.3, -0.25) is 4.99 Å². The van der Waals surface area contributed by atoms with E-state index in [2.05, 4.69) is 76.2 Å². The zero-order valence-corrected chi connectivity index (χ0v) is 26.2. The van der Waals surface area contributed by atoms with Crippen LogP contribution >= 0.6 is 0 Å². The first-order valence-corrected chi connectivity index (χ1v) is 14.1. The van der Waals surface area contributed by atoms with Crippen molar-refractivity contribution in [2.24, 2.45) is 10.9 Å². The van der Waals surface area contributed by atoms with Crippen LogP contribution < -0.4 is 0 Å². The second-order valence-corrected chi connectivity index (χ2v) is 10.5. The molecule has 1 aliphatic rings. The molecular formula is C33H47N2W-. The summed E-state index contributed by atoms with van der Waals surface area (Å²) in [6.45, 7) is 11.0. The van der Waals surface area contributed by atoms with E-state index in [1.807, 2.05) is 13.1 Å². The zero-order chi connectivity index (χ0) is 25.0. The maximum atomic E-state index is 5.15. The van der Waals surface area contributed by atoms with E-state index in [0.717, 1.165) is 30.9 Å². The molecule has 2 aromatic rings. The molecule has 1 fully saturated rings. The third kappa shape index (κ3) is 9.02. The van der Waals surface area contributed by atoms with Gasteiger partial charge in [0.15, 0.2) is 0 Å². The molecular weight excluding hydrogens is 608 g/mol. The van der Waals surface area contributed by atoms with E-state index >= 15 is 0 Å². The minimum Gasteiger partial charge on any atom is -0.682 e. The molecule has 0 N–H and O–H groups in total. The molecule has 3 rings (SSSR count). The van der Waals surface area contributed by atoms with Crippen molar-refractivity contribution in [3.05, 3.63) is 81.8 Å². The molecule has 2 aromatic carbocycles. The predicted octanol–water partition coefficient (Wildman–Crippen LogP) is 10.2. The molecule has 2 atom stereocenters. The fourth-order valence-corrected chi connectivity index (χ4v) is 5.23. The van der Waals surface area contributed by atoms with Crippen LogP contribution in [0.1, 0.15) is 107 Å². The SMILES string of the molecule is CC=N/C(=C\CCC)C(Cc1ccc([N-]C(CCC)CCC2CCC2)cc1)c1cccc(C)c1C.[W]. The van der Waals surface area contributed by atoms with Crippen molar-refractivity contribution in [3.63, 3.8) is 0 Å². The zero-order valence-electron chi connectivity index (χ0n) is 23.3.